The summed E-state index contributed by atoms with van der Waals surface area (Å²) in [6, 6.07) is 2.42. The molecule has 2 aromatic rings. The summed E-state index contributed by atoms with van der Waals surface area (Å²) in [6.07, 6.45) is 1.05. The average Bonchev–Trinajstić information content (AvgIpc) is 2.65. The van der Waals surface area contributed by atoms with Gasteiger partial charge in [0, 0.05) is 23.7 Å². The molecule has 0 bridgehead atoms. The van der Waals surface area contributed by atoms with E-state index in [4.69, 9.17) is 17.0 Å². The van der Waals surface area contributed by atoms with Crippen molar-refractivity contribution in [3.63, 3.8) is 0 Å². The Bertz CT molecular complexity index is 928. The summed E-state index contributed by atoms with van der Waals surface area (Å²) in [4.78, 5) is 33.3. The second-order valence-corrected chi connectivity index (χ2v) is 7.67. The number of nitrogens with one attached hydrogen (secondary N) is 3. The third-order valence-corrected chi connectivity index (χ3v) is 5.05. The number of rotatable bonds is 7. The molecule has 1 amide bonds. The van der Waals surface area contributed by atoms with E-state index < -0.39 is 17.5 Å². The largest absolute Gasteiger partial charge is 0.356 e. The lowest BCUT2D eigenvalue weighted by molar-refractivity contribution is -0.113. The normalized spacial score (nSPS) is 10.9. The van der Waals surface area contributed by atoms with Gasteiger partial charge in [0.05, 0.1) is 17.1 Å². The maximum absolute atomic E-state index is 14.1. The zero-order chi connectivity index (χ0) is 20.1. The SMILES string of the molecule is Cc1nc(NC(=O)CCl)c(C(=O)c2ccc(F)c(NPI)c2C=N)nc1C. The highest BCUT2D eigenvalue weighted by atomic mass is 127. The fourth-order valence-corrected chi connectivity index (χ4v) is 3.48. The van der Waals surface area contributed by atoms with Crippen LogP contribution in [0.3, 0.4) is 0 Å². The molecule has 0 fully saturated rings. The van der Waals surface area contributed by atoms with E-state index in [1.807, 2.05) is 22.0 Å². The summed E-state index contributed by atoms with van der Waals surface area (Å²) in [7, 11) is 0. The molecule has 27 heavy (non-hydrogen) atoms. The van der Waals surface area contributed by atoms with Crippen molar-refractivity contribution in [1.29, 1.82) is 5.41 Å². The van der Waals surface area contributed by atoms with Gasteiger partial charge in [-0.2, -0.15) is 0 Å². The van der Waals surface area contributed by atoms with Crippen LogP contribution in [-0.2, 0) is 4.79 Å². The van der Waals surface area contributed by atoms with Gasteiger partial charge in [-0.25, -0.2) is 14.4 Å². The van der Waals surface area contributed by atoms with E-state index in [0.717, 1.165) is 12.3 Å². The average molecular weight is 522 g/mol. The van der Waals surface area contributed by atoms with Gasteiger partial charge in [0.1, 0.15) is 11.7 Å². The predicted octanol–water partition coefficient (Wildman–Crippen LogP) is 3.99. The maximum Gasteiger partial charge on any atom is 0.240 e. The van der Waals surface area contributed by atoms with Crippen LogP contribution >= 0.6 is 40.0 Å². The molecule has 1 atom stereocenters. The van der Waals surface area contributed by atoms with Crippen molar-refractivity contribution >= 4 is 69.4 Å². The molecule has 0 radical (unpaired) electrons. The zero-order valence-electron chi connectivity index (χ0n) is 14.3. The quantitative estimate of drug-likeness (QED) is 0.168. The third-order valence-electron chi connectivity index (χ3n) is 3.66. The molecule has 1 aromatic carbocycles. The second-order valence-electron chi connectivity index (χ2n) is 5.35. The molecule has 0 spiro atoms. The molecule has 0 saturated heterocycles. The van der Waals surface area contributed by atoms with Gasteiger partial charge in [0.25, 0.3) is 0 Å². The van der Waals surface area contributed by atoms with Crippen molar-refractivity contribution in [2.45, 2.75) is 13.8 Å². The van der Waals surface area contributed by atoms with Crippen LogP contribution in [0.5, 0.6) is 0 Å². The molecule has 3 N–H and O–H groups in total. The summed E-state index contributed by atoms with van der Waals surface area (Å²) >= 11 is 7.54. The number of carbonyl (C=O) groups excluding carboxylic acids is 2. The Hall–Kier alpha value is -1.71. The summed E-state index contributed by atoms with van der Waals surface area (Å²) in [5.41, 5.74) is 1.17. The lowest BCUT2D eigenvalue weighted by Crippen LogP contribution is -2.20. The Morgan fingerprint density at radius 2 is 2.00 bits per heavy atom. The minimum Gasteiger partial charge on any atom is -0.356 e. The molecule has 2 rings (SSSR count). The fourth-order valence-electron chi connectivity index (χ4n) is 2.26. The monoisotopic (exact) mass is 521 g/mol. The topological polar surface area (TPSA) is 108 Å². The lowest BCUT2D eigenvalue weighted by Gasteiger charge is -2.14. The molecule has 0 aliphatic carbocycles. The number of aryl methyl sites for hydroxylation is 2. The third kappa shape index (κ3) is 4.77. The Morgan fingerprint density at radius 3 is 2.59 bits per heavy atom. The Labute approximate surface area is 174 Å². The van der Waals surface area contributed by atoms with Gasteiger partial charge in [-0.15, -0.1) is 11.6 Å². The first kappa shape index (κ1) is 21.6. The summed E-state index contributed by atoms with van der Waals surface area (Å²) in [5.74, 6) is -2.04. The Balaban J connectivity index is 2.64. The lowest BCUT2D eigenvalue weighted by atomic mass is 9.99. The molecular formula is C16H15ClFIN5O2P. The number of aromatic nitrogens is 2. The van der Waals surface area contributed by atoms with E-state index in [-0.39, 0.29) is 40.6 Å². The van der Waals surface area contributed by atoms with Crippen molar-refractivity contribution in [3.8, 4) is 0 Å². The minimum absolute atomic E-state index is 0.0284. The van der Waals surface area contributed by atoms with Crippen LogP contribution in [0.15, 0.2) is 12.1 Å². The van der Waals surface area contributed by atoms with Gasteiger partial charge in [-0.3, -0.25) is 9.59 Å². The number of nitrogens with zero attached hydrogens (tertiary/aromatic N) is 2. The van der Waals surface area contributed by atoms with Crippen LogP contribution in [0.25, 0.3) is 0 Å². The molecule has 7 nitrogen and oxygen atoms in total. The summed E-state index contributed by atoms with van der Waals surface area (Å²) in [6.45, 7) is 3.37. The minimum atomic E-state index is -0.589. The number of amides is 1. The first-order chi connectivity index (χ1) is 12.8. The van der Waals surface area contributed by atoms with Crippen molar-refractivity contribution < 1.29 is 14.0 Å². The van der Waals surface area contributed by atoms with E-state index >= 15 is 0 Å². The van der Waals surface area contributed by atoms with Gasteiger partial charge in [-0.1, -0.05) is 0 Å². The summed E-state index contributed by atoms with van der Waals surface area (Å²) < 4.78 is 14.1. The molecule has 0 saturated carbocycles. The zero-order valence-corrected chi connectivity index (χ0v) is 18.2. The van der Waals surface area contributed by atoms with Crippen molar-refractivity contribution in [2.75, 3.05) is 16.3 Å². The highest BCUT2D eigenvalue weighted by Gasteiger charge is 2.24. The number of hydrogen-bond acceptors (Lipinski definition) is 6. The van der Waals surface area contributed by atoms with Gasteiger partial charge < -0.3 is 15.8 Å². The van der Waals surface area contributed by atoms with Crippen molar-refractivity contribution in [3.05, 3.63) is 46.2 Å². The van der Waals surface area contributed by atoms with E-state index in [1.165, 1.54) is 6.07 Å². The first-order valence-electron chi connectivity index (χ1n) is 7.54. The maximum atomic E-state index is 14.1. The molecule has 0 aliphatic heterocycles. The molecule has 11 heteroatoms. The second kappa shape index (κ2) is 9.48. The van der Waals surface area contributed by atoms with E-state index in [1.54, 1.807) is 13.8 Å². The van der Waals surface area contributed by atoms with Crippen molar-refractivity contribution in [1.82, 2.24) is 9.97 Å². The number of alkyl halides is 1. The fraction of sp³-hybridized carbons (Fsp3) is 0.188. The van der Waals surface area contributed by atoms with Gasteiger partial charge >= 0.3 is 0 Å². The van der Waals surface area contributed by atoms with Crippen LogP contribution < -0.4 is 10.4 Å². The summed E-state index contributed by atoms with van der Waals surface area (Å²) in [5, 5.41) is 12.9. The van der Waals surface area contributed by atoms with Crippen LogP contribution in [0.4, 0.5) is 15.9 Å². The number of benzene rings is 1. The number of hydrogen-bond donors (Lipinski definition) is 3. The Morgan fingerprint density at radius 1 is 1.33 bits per heavy atom. The predicted molar refractivity (Wildman–Crippen MR) is 115 cm³/mol. The molecule has 142 valence electrons. The molecule has 1 aromatic heterocycles. The molecular weight excluding hydrogens is 507 g/mol. The number of halogens is 3. The van der Waals surface area contributed by atoms with Gasteiger partial charge in [0.2, 0.25) is 11.7 Å². The van der Waals surface area contributed by atoms with E-state index in [0.29, 0.717) is 11.4 Å². The van der Waals surface area contributed by atoms with Crippen molar-refractivity contribution in [2.24, 2.45) is 0 Å². The smallest absolute Gasteiger partial charge is 0.240 e. The Kier molecular flexibility index (Phi) is 7.58. The van der Waals surface area contributed by atoms with Crippen LogP contribution in [0.1, 0.15) is 33.0 Å². The van der Waals surface area contributed by atoms with Crippen LogP contribution in [-0.4, -0.2) is 33.8 Å². The van der Waals surface area contributed by atoms with E-state index in [2.05, 4.69) is 20.4 Å². The highest BCUT2D eigenvalue weighted by Crippen LogP contribution is 2.31. The van der Waals surface area contributed by atoms with E-state index in [9.17, 15) is 14.0 Å². The first-order valence-corrected chi connectivity index (χ1v) is 12.2. The standard InChI is InChI=1S/C16H15ClFIN5O2P/c1-7-8(2)22-16(23-12(25)5-17)14(21-7)15(26)9-3-4-11(18)13(24-27-19)10(9)6-20/h3-4,6,20,24,27H,5H2,1-2H3,(H,22,23,25). The van der Waals surface area contributed by atoms with Gasteiger partial charge in [-0.05, 0) is 48.0 Å². The molecule has 1 unspecified atom stereocenters. The number of ketones is 1. The van der Waals surface area contributed by atoms with Crippen LogP contribution in [0.2, 0.25) is 0 Å². The number of anilines is 2. The molecule has 1 heterocycles. The highest BCUT2D eigenvalue weighted by molar-refractivity contribution is 14.2. The van der Waals surface area contributed by atoms with Gasteiger partial charge in [0.15, 0.2) is 11.5 Å². The van der Waals surface area contributed by atoms with Crippen LogP contribution in [0, 0.1) is 25.1 Å². The molecule has 0 aliphatic rings. The number of carbonyl (C=O) groups is 2.